The van der Waals surface area contributed by atoms with Crippen LogP contribution in [0, 0.1) is 12.7 Å². The number of likely N-dealkylation sites (N-methyl/N-ethyl adjacent to an activating group) is 1. The maximum Gasteiger partial charge on any atom is 0.254 e. The Morgan fingerprint density at radius 3 is 2.74 bits per heavy atom. The second-order valence-corrected chi connectivity index (χ2v) is 7.63. The van der Waals surface area contributed by atoms with Crippen molar-refractivity contribution in [3.8, 4) is 0 Å². The molecule has 2 aromatic rings. The summed E-state index contributed by atoms with van der Waals surface area (Å²) in [5, 5.41) is -0.0274. The van der Waals surface area contributed by atoms with Crippen LogP contribution in [0.15, 0.2) is 48.5 Å². The maximum absolute atomic E-state index is 13.4. The number of hydrogen-bond donors (Lipinski definition) is 0. The van der Waals surface area contributed by atoms with Crippen molar-refractivity contribution in [2.75, 3.05) is 25.4 Å². The summed E-state index contributed by atoms with van der Waals surface area (Å²) in [6.45, 7) is 5.29. The van der Waals surface area contributed by atoms with Crippen LogP contribution < -0.4 is 0 Å². The fourth-order valence-corrected chi connectivity index (χ4v) is 4.44. The van der Waals surface area contributed by atoms with E-state index in [1.165, 1.54) is 18.2 Å². The lowest BCUT2D eigenvalue weighted by atomic mass is 10.1. The predicted octanol–water partition coefficient (Wildman–Crippen LogP) is 3.87. The highest BCUT2D eigenvalue weighted by Crippen LogP contribution is 2.38. The Morgan fingerprint density at radius 1 is 1.26 bits per heavy atom. The molecular weight excluding hydrogens is 363 g/mol. The lowest BCUT2D eigenvalue weighted by molar-refractivity contribution is -0.128. The number of rotatable bonds is 6. The summed E-state index contributed by atoms with van der Waals surface area (Å²) in [6, 6.07) is 13.9. The van der Waals surface area contributed by atoms with E-state index in [1.807, 2.05) is 36.9 Å². The van der Waals surface area contributed by atoms with E-state index in [9.17, 15) is 14.0 Å². The van der Waals surface area contributed by atoms with E-state index < -0.39 is 5.82 Å². The zero-order valence-corrected chi connectivity index (χ0v) is 16.3. The van der Waals surface area contributed by atoms with Crippen LogP contribution in [0.2, 0.25) is 0 Å². The second-order valence-electron chi connectivity index (χ2n) is 6.56. The minimum absolute atomic E-state index is 0.0274. The van der Waals surface area contributed by atoms with Crippen molar-refractivity contribution in [2.45, 2.75) is 19.2 Å². The highest BCUT2D eigenvalue weighted by atomic mass is 32.2. The van der Waals surface area contributed by atoms with Gasteiger partial charge in [0.2, 0.25) is 5.91 Å². The summed E-state index contributed by atoms with van der Waals surface area (Å²) in [6.07, 6.45) is 0. The molecule has 1 saturated heterocycles. The van der Waals surface area contributed by atoms with Crippen molar-refractivity contribution in [2.24, 2.45) is 0 Å². The van der Waals surface area contributed by atoms with Crippen LogP contribution in [-0.2, 0) is 4.79 Å². The molecule has 0 N–H and O–H groups in total. The van der Waals surface area contributed by atoms with E-state index in [-0.39, 0.29) is 17.2 Å². The molecule has 2 aromatic carbocycles. The average molecular weight is 386 g/mol. The van der Waals surface area contributed by atoms with Crippen LogP contribution in [0.1, 0.15) is 33.8 Å². The number of hydrogen-bond acceptors (Lipinski definition) is 3. The third-order valence-electron chi connectivity index (χ3n) is 4.65. The fraction of sp³-hybridized carbons (Fsp3) is 0.333. The zero-order valence-electron chi connectivity index (χ0n) is 15.5. The van der Waals surface area contributed by atoms with Crippen LogP contribution in [-0.4, -0.2) is 47.0 Å². The molecule has 1 aliphatic rings. The first-order valence-corrected chi connectivity index (χ1v) is 10.1. The molecule has 0 unspecified atom stereocenters. The molecule has 0 aliphatic carbocycles. The highest BCUT2D eigenvalue weighted by molar-refractivity contribution is 8.00. The van der Waals surface area contributed by atoms with Crippen molar-refractivity contribution in [3.63, 3.8) is 0 Å². The molecular formula is C21H23FN2O2S. The Bertz CT molecular complexity index is 842. The topological polar surface area (TPSA) is 40.6 Å². The lowest BCUT2D eigenvalue weighted by Crippen LogP contribution is -2.40. The largest absolute Gasteiger partial charge is 0.337 e. The summed E-state index contributed by atoms with van der Waals surface area (Å²) >= 11 is 1.61. The summed E-state index contributed by atoms with van der Waals surface area (Å²) < 4.78 is 13.4. The van der Waals surface area contributed by atoms with E-state index in [0.29, 0.717) is 31.0 Å². The van der Waals surface area contributed by atoms with Gasteiger partial charge in [-0.1, -0.05) is 35.9 Å². The van der Waals surface area contributed by atoms with E-state index in [2.05, 4.69) is 6.07 Å². The van der Waals surface area contributed by atoms with Gasteiger partial charge in [-0.25, -0.2) is 4.39 Å². The summed E-state index contributed by atoms with van der Waals surface area (Å²) in [5.41, 5.74) is 2.59. The van der Waals surface area contributed by atoms with Crippen molar-refractivity contribution >= 4 is 23.6 Å². The Labute approximate surface area is 163 Å². The third kappa shape index (κ3) is 4.50. The first-order chi connectivity index (χ1) is 13.0. The Balaban J connectivity index is 1.70. The molecule has 1 fully saturated rings. The second kappa shape index (κ2) is 8.57. The molecule has 0 saturated carbocycles. The van der Waals surface area contributed by atoms with Gasteiger partial charge in [0.05, 0.1) is 5.75 Å². The van der Waals surface area contributed by atoms with Crippen LogP contribution in [0.25, 0.3) is 0 Å². The standard InChI is InChI=1S/C21H23FN2O2S/c1-3-23(20(26)16-7-5-9-18(22)13-16)10-11-24-19(25)14-27-21(24)17-8-4-6-15(2)12-17/h4-9,12-13,21H,3,10-11,14H2,1-2H3/t21-/m0/s1. The van der Waals surface area contributed by atoms with E-state index in [0.717, 1.165) is 11.1 Å². The van der Waals surface area contributed by atoms with Crippen molar-refractivity contribution in [1.82, 2.24) is 9.80 Å². The van der Waals surface area contributed by atoms with Gasteiger partial charge in [0, 0.05) is 25.2 Å². The minimum atomic E-state index is -0.428. The molecule has 6 heteroatoms. The molecule has 3 rings (SSSR count). The van der Waals surface area contributed by atoms with Gasteiger partial charge >= 0.3 is 0 Å². The van der Waals surface area contributed by atoms with Crippen LogP contribution >= 0.6 is 11.8 Å². The van der Waals surface area contributed by atoms with Crippen LogP contribution in [0.4, 0.5) is 4.39 Å². The summed E-state index contributed by atoms with van der Waals surface area (Å²) in [5.74, 6) is -0.116. The van der Waals surface area contributed by atoms with Gasteiger partial charge in [-0.15, -0.1) is 11.8 Å². The Hall–Kier alpha value is -2.34. The van der Waals surface area contributed by atoms with Gasteiger partial charge < -0.3 is 9.80 Å². The highest BCUT2D eigenvalue weighted by Gasteiger charge is 2.33. The van der Waals surface area contributed by atoms with Gasteiger partial charge in [0.1, 0.15) is 11.2 Å². The number of amides is 2. The monoisotopic (exact) mass is 386 g/mol. The maximum atomic E-state index is 13.4. The SMILES string of the molecule is CCN(CCN1C(=O)CS[C@H]1c1cccc(C)c1)C(=O)c1cccc(F)c1. The molecule has 0 bridgehead atoms. The summed E-state index contributed by atoms with van der Waals surface area (Å²) in [7, 11) is 0. The smallest absolute Gasteiger partial charge is 0.254 e. The quantitative estimate of drug-likeness (QED) is 0.757. The Kier molecular flexibility index (Phi) is 6.16. The fourth-order valence-electron chi connectivity index (χ4n) is 3.23. The molecule has 142 valence electrons. The third-order valence-corrected chi connectivity index (χ3v) is 5.90. The van der Waals surface area contributed by atoms with E-state index in [1.54, 1.807) is 22.7 Å². The van der Waals surface area contributed by atoms with Gasteiger partial charge in [-0.2, -0.15) is 0 Å². The van der Waals surface area contributed by atoms with Crippen molar-refractivity contribution in [3.05, 3.63) is 71.0 Å². The minimum Gasteiger partial charge on any atom is -0.337 e. The Morgan fingerprint density at radius 2 is 2.04 bits per heavy atom. The molecule has 0 aromatic heterocycles. The number of halogens is 1. The lowest BCUT2D eigenvalue weighted by Gasteiger charge is -2.28. The van der Waals surface area contributed by atoms with Gasteiger partial charge in [-0.05, 0) is 37.6 Å². The number of carbonyl (C=O) groups excluding carboxylic acids is 2. The molecule has 1 aliphatic heterocycles. The number of benzene rings is 2. The molecule has 1 atom stereocenters. The molecule has 27 heavy (non-hydrogen) atoms. The van der Waals surface area contributed by atoms with Crippen molar-refractivity contribution < 1.29 is 14.0 Å². The van der Waals surface area contributed by atoms with Crippen molar-refractivity contribution in [1.29, 1.82) is 0 Å². The van der Waals surface area contributed by atoms with Crippen LogP contribution in [0.3, 0.4) is 0 Å². The average Bonchev–Trinajstić information content (AvgIpc) is 3.03. The molecule has 2 amide bonds. The number of carbonyl (C=O) groups is 2. The molecule has 1 heterocycles. The van der Waals surface area contributed by atoms with E-state index in [4.69, 9.17) is 0 Å². The van der Waals surface area contributed by atoms with Gasteiger partial charge in [0.15, 0.2) is 0 Å². The molecule has 0 radical (unpaired) electrons. The summed E-state index contributed by atoms with van der Waals surface area (Å²) in [4.78, 5) is 28.5. The van der Waals surface area contributed by atoms with Gasteiger partial charge in [0.25, 0.3) is 5.91 Å². The number of thioether (sulfide) groups is 1. The van der Waals surface area contributed by atoms with E-state index >= 15 is 0 Å². The number of nitrogens with zero attached hydrogens (tertiary/aromatic N) is 2. The zero-order chi connectivity index (χ0) is 19.4. The predicted molar refractivity (Wildman–Crippen MR) is 106 cm³/mol. The normalized spacial score (nSPS) is 16.6. The van der Waals surface area contributed by atoms with Gasteiger partial charge in [-0.3, -0.25) is 9.59 Å². The molecule has 4 nitrogen and oxygen atoms in total. The number of aryl methyl sites for hydroxylation is 1. The first-order valence-electron chi connectivity index (χ1n) is 9.02. The first kappa shape index (κ1) is 19.4. The van der Waals surface area contributed by atoms with Crippen LogP contribution in [0.5, 0.6) is 0 Å². The molecule has 0 spiro atoms.